The van der Waals surface area contributed by atoms with Gasteiger partial charge >= 0.3 is 0 Å². The number of pyridine rings is 1. The zero-order chi connectivity index (χ0) is 26.5. The third-order valence-electron chi connectivity index (χ3n) is 6.85. The van der Waals surface area contributed by atoms with Crippen LogP contribution in [-0.2, 0) is 17.6 Å². The molecule has 3 heterocycles. The number of hydrogen-bond donors (Lipinski definition) is 1. The van der Waals surface area contributed by atoms with E-state index >= 15 is 0 Å². The number of fused-ring (bicyclic) bond motifs is 1. The highest BCUT2D eigenvalue weighted by Crippen LogP contribution is 2.33. The number of ether oxygens (including phenoxy) is 2. The average molecular weight is 535 g/mol. The summed E-state index contributed by atoms with van der Waals surface area (Å²) < 4.78 is 11.9. The molecule has 8 nitrogen and oxygen atoms in total. The maximum atomic E-state index is 13.2. The van der Waals surface area contributed by atoms with Crippen LogP contribution in [0, 0.1) is 0 Å². The SMILES string of the molecule is CNC(=O)c1cc(Oc2ccc3c(c2)CCN3C(=O)Cc2cccc(OCC(Cl)N3CCCC3)c2)ccn1. The standard InChI is InChI=1S/C29H31ClN4O4/c1-31-29(36)25-18-24(9-11-32-25)38-23-7-8-26-21(17-23)10-14-34(26)28(35)16-20-5-4-6-22(15-20)37-19-27(30)33-12-2-3-13-33/h4-9,11,15,17-18,27H,2-3,10,12-14,16,19H2,1H3,(H,31,36). The summed E-state index contributed by atoms with van der Waals surface area (Å²) in [6.45, 7) is 3.06. The highest BCUT2D eigenvalue weighted by atomic mass is 35.5. The first-order chi connectivity index (χ1) is 18.5. The molecule has 2 aromatic carbocycles. The Kier molecular flexibility index (Phi) is 8.10. The van der Waals surface area contributed by atoms with Gasteiger partial charge < -0.3 is 19.7 Å². The highest BCUT2D eigenvalue weighted by Gasteiger charge is 2.25. The van der Waals surface area contributed by atoms with Crippen molar-refractivity contribution in [3.63, 3.8) is 0 Å². The van der Waals surface area contributed by atoms with Crippen molar-refractivity contribution < 1.29 is 19.1 Å². The Morgan fingerprint density at radius 2 is 1.84 bits per heavy atom. The topological polar surface area (TPSA) is 84.0 Å². The molecule has 0 radical (unpaired) electrons. The molecule has 0 aliphatic carbocycles. The van der Waals surface area contributed by atoms with Crippen LogP contribution in [0.4, 0.5) is 5.69 Å². The molecule has 0 saturated carbocycles. The number of likely N-dealkylation sites (tertiary alicyclic amines) is 1. The number of anilines is 1. The molecule has 38 heavy (non-hydrogen) atoms. The molecule has 1 fully saturated rings. The molecule has 1 unspecified atom stereocenters. The molecule has 0 bridgehead atoms. The number of aromatic nitrogens is 1. The van der Waals surface area contributed by atoms with Gasteiger partial charge in [-0.2, -0.15) is 0 Å². The van der Waals surface area contributed by atoms with E-state index in [4.69, 9.17) is 21.1 Å². The number of amides is 2. The van der Waals surface area contributed by atoms with Crippen LogP contribution in [0.15, 0.2) is 60.8 Å². The Morgan fingerprint density at radius 3 is 2.66 bits per heavy atom. The first-order valence-electron chi connectivity index (χ1n) is 12.9. The third-order valence-corrected chi connectivity index (χ3v) is 7.25. The van der Waals surface area contributed by atoms with E-state index < -0.39 is 0 Å². The molecule has 1 saturated heterocycles. The van der Waals surface area contributed by atoms with Crippen molar-refractivity contribution in [2.75, 3.05) is 38.2 Å². The summed E-state index contributed by atoms with van der Waals surface area (Å²) in [5.41, 5.74) is 2.98. The number of benzene rings is 2. The van der Waals surface area contributed by atoms with Crippen molar-refractivity contribution in [2.45, 2.75) is 31.2 Å². The van der Waals surface area contributed by atoms with E-state index in [9.17, 15) is 9.59 Å². The van der Waals surface area contributed by atoms with Gasteiger partial charge in [0.1, 0.15) is 35.1 Å². The van der Waals surface area contributed by atoms with Crippen molar-refractivity contribution in [1.29, 1.82) is 0 Å². The van der Waals surface area contributed by atoms with E-state index in [1.807, 2.05) is 47.4 Å². The second-order valence-corrected chi connectivity index (χ2v) is 9.96. The van der Waals surface area contributed by atoms with E-state index in [2.05, 4.69) is 15.2 Å². The number of alkyl halides is 1. The van der Waals surface area contributed by atoms with E-state index in [1.165, 1.54) is 19.0 Å². The van der Waals surface area contributed by atoms with Crippen molar-refractivity contribution >= 4 is 29.1 Å². The fourth-order valence-corrected chi connectivity index (χ4v) is 5.13. The van der Waals surface area contributed by atoms with E-state index in [0.717, 1.165) is 42.1 Å². The van der Waals surface area contributed by atoms with Gasteiger partial charge in [-0.25, -0.2) is 0 Å². The zero-order valence-electron chi connectivity index (χ0n) is 21.4. The Bertz CT molecular complexity index is 1310. The lowest BCUT2D eigenvalue weighted by atomic mass is 10.1. The minimum Gasteiger partial charge on any atom is -0.491 e. The minimum atomic E-state index is -0.277. The number of hydrogen-bond acceptors (Lipinski definition) is 6. The van der Waals surface area contributed by atoms with Crippen molar-refractivity contribution in [1.82, 2.24) is 15.2 Å². The van der Waals surface area contributed by atoms with E-state index in [1.54, 1.807) is 19.2 Å². The lowest BCUT2D eigenvalue weighted by Gasteiger charge is -2.22. The molecule has 0 spiro atoms. The minimum absolute atomic E-state index is 0.0335. The lowest BCUT2D eigenvalue weighted by Crippen LogP contribution is -2.33. The maximum Gasteiger partial charge on any atom is 0.269 e. The van der Waals surface area contributed by atoms with Gasteiger partial charge in [0.05, 0.1) is 6.42 Å². The van der Waals surface area contributed by atoms with E-state index in [0.29, 0.717) is 24.7 Å². The van der Waals surface area contributed by atoms with Crippen molar-refractivity contribution in [2.24, 2.45) is 0 Å². The first-order valence-corrected chi connectivity index (χ1v) is 13.3. The summed E-state index contributed by atoms with van der Waals surface area (Å²) in [4.78, 5) is 33.2. The van der Waals surface area contributed by atoms with Gasteiger partial charge in [0.15, 0.2) is 0 Å². The maximum absolute atomic E-state index is 13.2. The summed E-state index contributed by atoms with van der Waals surface area (Å²) in [5, 5.41) is 2.55. The van der Waals surface area contributed by atoms with Crippen LogP contribution in [0.3, 0.4) is 0 Å². The van der Waals surface area contributed by atoms with Crippen LogP contribution in [-0.4, -0.2) is 60.5 Å². The van der Waals surface area contributed by atoms with Crippen LogP contribution < -0.4 is 19.7 Å². The fourth-order valence-electron chi connectivity index (χ4n) is 4.87. The number of nitrogens with one attached hydrogen (secondary N) is 1. The molecule has 2 aliphatic heterocycles. The summed E-state index contributed by atoms with van der Waals surface area (Å²) in [5.74, 6) is 1.64. The van der Waals surface area contributed by atoms with Crippen molar-refractivity contribution in [3.8, 4) is 17.2 Å². The number of halogens is 1. The second-order valence-electron chi connectivity index (χ2n) is 9.46. The Hall–Kier alpha value is -3.62. The normalized spacial score (nSPS) is 15.7. The van der Waals surface area contributed by atoms with Gasteiger partial charge in [0, 0.05) is 31.5 Å². The van der Waals surface area contributed by atoms with Gasteiger partial charge in [-0.3, -0.25) is 19.5 Å². The third kappa shape index (κ3) is 6.09. The number of carbonyl (C=O) groups excluding carboxylic acids is 2. The van der Waals surface area contributed by atoms with Crippen LogP contribution in [0.5, 0.6) is 17.2 Å². The summed E-state index contributed by atoms with van der Waals surface area (Å²) >= 11 is 6.49. The molecule has 3 aromatic rings. The quantitative estimate of drug-likeness (QED) is 0.323. The Morgan fingerprint density at radius 1 is 1.03 bits per heavy atom. The first kappa shape index (κ1) is 26.0. The smallest absolute Gasteiger partial charge is 0.269 e. The van der Waals surface area contributed by atoms with Crippen molar-refractivity contribution in [3.05, 3.63) is 77.6 Å². The molecular weight excluding hydrogens is 504 g/mol. The number of carbonyl (C=O) groups is 2. The molecule has 1 atom stereocenters. The molecular formula is C29H31ClN4O4. The Labute approximate surface area is 227 Å². The van der Waals surface area contributed by atoms with Gasteiger partial charge in [0.2, 0.25) is 5.91 Å². The Balaban J connectivity index is 1.20. The van der Waals surface area contributed by atoms with Gasteiger partial charge in [0.25, 0.3) is 5.91 Å². The molecule has 9 heteroatoms. The predicted octanol–water partition coefficient (Wildman–Crippen LogP) is 4.40. The summed E-state index contributed by atoms with van der Waals surface area (Å²) in [6, 6.07) is 16.7. The van der Waals surface area contributed by atoms with Crippen LogP contribution >= 0.6 is 11.6 Å². The summed E-state index contributed by atoms with van der Waals surface area (Å²) in [6.07, 6.45) is 4.92. The van der Waals surface area contributed by atoms with Gasteiger partial charge in [-0.05, 0) is 79.9 Å². The van der Waals surface area contributed by atoms with Crippen LogP contribution in [0.2, 0.25) is 0 Å². The summed E-state index contributed by atoms with van der Waals surface area (Å²) in [7, 11) is 1.56. The molecule has 2 amide bonds. The van der Waals surface area contributed by atoms with E-state index in [-0.39, 0.29) is 29.4 Å². The molecule has 5 rings (SSSR count). The van der Waals surface area contributed by atoms with Gasteiger partial charge in [-0.15, -0.1) is 11.6 Å². The molecule has 198 valence electrons. The average Bonchev–Trinajstić information content (AvgIpc) is 3.62. The lowest BCUT2D eigenvalue weighted by molar-refractivity contribution is -0.117. The number of rotatable bonds is 9. The monoisotopic (exact) mass is 534 g/mol. The molecule has 1 aromatic heterocycles. The fraction of sp³-hybridized carbons (Fsp3) is 0.345. The van der Waals surface area contributed by atoms with Crippen LogP contribution in [0.25, 0.3) is 0 Å². The molecule has 2 aliphatic rings. The van der Waals surface area contributed by atoms with Crippen LogP contribution in [0.1, 0.15) is 34.5 Å². The highest BCUT2D eigenvalue weighted by molar-refractivity contribution is 6.20. The zero-order valence-corrected chi connectivity index (χ0v) is 22.1. The molecule has 1 N–H and O–H groups in total. The second kappa shape index (κ2) is 11.8. The van der Waals surface area contributed by atoms with Gasteiger partial charge in [-0.1, -0.05) is 12.1 Å². The number of nitrogens with zero attached hydrogens (tertiary/aromatic N) is 3. The predicted molar refractivity (Wildman–Crippen MR) is 146 cm³/mol. The largest absolute Gasteiger partial charge is 0.491 e.